The van der Waals surface area contributed by atoms with Crippen molar-refractivity contribution >= 4 is 28.9 Å². The lowest BCUT2D eigenvalue weighted by Gasteiger charge is -2.32. The molecule has 1 aliphatic rings. The van der Waals surface area contributed by atoms with E-state index in [9.17, 15) is 19.1 Å². The highest BCUT2D eigenvalue weighted by Crippen LogP contribution is 2.24. The standard InChI is InChI=1S/C25H35FN8O3/c1-25(2,16-35)15-28-23(36)18-14-29-34-21(27-3)13-20(31-22(18)34)30-19-5-4-9-33(24(19)37)17-6-10-32(11-7-17)12-8-26/h4-5,9,13-14,17,27,35H,6-8,10-12,15-16H2,1-3H3,(H,28,36)(H,30,31). The number of fused-ring (bicyclic) bond motifs is 1. The summed E-state index contributed by atoms with van der Waals surface area (Å²) < 4.78 is 15.9. The van der Waals surface area contributed by atoms with Crippen LogP contribution in [-0.2, 0) is 0 Å². The summed E-state index contributed by atoms with van der Waals surface area (Å²) in [4.78, 5) is 32.9. The van der Waals surface area contributed by atoms with Gasteiger partial charge in [0.25, 0.3) is 11.5 Å². The van der Waals surface area contributed by atoms with Gasteiger partial charge >= 0.3 is 0 Å². The number of nitrogens with zero attached hydrogens (tertiary/aromatic N) is 5. The summed E-state index contributed by atoms with van der Waals surface area (Å²) in [6.45, 7) is 5.49. The van der Waals surface area contributed by atoms with Crippen molar-refractivity contribution in [3.05, 3.63) is 46.5 Å². The summed E-state index contributed by atoms with van der Waals surface area (Å²) in [5.74, 6) is 0.609. The minimum atomic E-state index is -0.466. The van der Waals surface area contributed by atoms with Crippen LogP contribution in [0.3, 0.4) is 0 Å². The molecule has 0 saturated carbocycles. The molecule has 3 aromatic rings. The fraction of sp³-hybridized carbons (Fsp3) is 0.520. The first-order valence-corrected chi connectivity index (χ1v) is 12.5. The zero-order valence-corrected chi connectivity index (χ0v) is 21.5. The summed E-state index contributed by atoms with van der Waals surface area (Å²) in [5, 5.41) is 22.8. The van der Waals surface area contributed by atoms with Crippen molar-refractivity contribution in [1.29, 1.82) is 0 Å². The third kappa shape index (κ3) is 5.91. The molecule has 0 spiro atoms. The van der Waals surface area contributed by atoms with Gasteiger partial charge in [-0.1, -0.05) is 13.8 Å². The number of aliphatic hydroxyl groups excluding tert-OH is 1. The van der Waals surface area contributed by atoms with Crippen LogP contribution in [0.2, 0.25) is 0 Å². The average Bonchev–Trinajstić information content (AvgIpc) is 3.33. The molecule has 1 aliphatic heterocycles. The Morgan fingerprint density at radius 1 is 1.30 bits per heavy atom. The second-order valence-corrected chi connectivity index (χ2v) is 10.1. The highest BCUT2D eigenvalue weighted by atomic mass is 19.1. The predicted octanol–water partition coefficient (Wildman–Crippen LogP) is 2.03. The van der Waals surface area contributed by atoms with Crippen LogP contribution in [0.25, 0.3) is 5.65 Å². The number of anilines is 3. The Hall–Kier alpha value is -3.51. The van der Waals surface area contributed by atoms with E-state index < -0.39 is 5.41 Å². The number of rotatable bonds is 10. The van der Waals surface area contributed by atoms with Gasteiger partial charge in [0, 0.05) is 63.6 Å². The molecule has 37 heavy (non-hydrogen) atoms. The average molecular weight is 515 g/mol. The van der Waals surface area contributed by atoms with Gasteiger partial charge in [-0.15, -0.1) is 0 Å². The fourth-order valence-corrected chi connectivity index (χ4v) is 4.41. The molecule has 0 aromatic carbocycles. The van der Waals surface area contributed by atoms with Crippen LogP contribution in [0.1, 0.15) is 43.1 Å². The van der Waals surface area contributed by atoms with E-state index >= 15 is 0 Å². The van der Waals surface area contributed by atoms with Crippen LogP contribution in [0.4, 0.5) is 21.7 Å². The number of hydrogen-bond donors (Lipinski definition) is 4. The zero-order chi connectivity index (χ0) is 26.6. The summed E-state index contributed by atoms with van der Waals surface area (Å²) in [7, 11) is 1.73. The molecule has 0 unspecified atom stereocenters. The van der Waals surface area contributed by atoms with Crippen LogP contribution in [0.5, 0.6) is 0 Å². The highest BCUT2D eigenvalue weighted by Gasteiger charge is 2.23. The molecular formula is C25H35FN8O3. The molecule has 4 N–H and O–H groups in total. The van der Waals surface area contributed by atoms with Crippen molar-refractivity contribution in [2.45, 2.75) is 32.7 Å². The molecule has 1 saturated heterocycles. The summed E-state index contributed by atoms with van der Waals surface area (Å²) in [6, 6.07) is 5.27. The van der Waals surface area contributed by atoms with Gasteiger partial charge in [-0.3, -0.25) is 9.59 Å². The van der Waals surface area contributed by atoms with Crippen LogP contribution in [0, 0.1) is 5.41 Å². The molecule has 0 bridgehead atoms. The predicted molar refractivity (Wildman–Crippen MR) is 140 cm³/mol. The fourth-order valence-electron chi connectivity index (χ4n) is 4.41. The molecule has 1 fully saturated rings. The first kappa shape index (κ1) is 26.6. The van der Waals surface area contributed by atoms with Gasteiger partial charge < -0.3 is 30.5 Å². The van der Waals surface area contributed by atoms with Crippen molar-refractivity contribution in [2.24, 2.45) is 5.41 Å². The number of aliphatic hydroxyl groups is 1. The molecule has 11 nitrogen and oxygen atoms in total. The van der Waals surface area contributed by atoms with Crippen LogP contribution < -0.4 is 21.5 Å². The number of piperidine rings is 1. The molecule has 0 atom stereocenters. The molecular weight excluding hydrogens is 479 g/mol. The molecule has 3 aromatic heterocycles. The Morgan fingerprint density at radius 2 is 2.05 bits per heavy atom. The zero-order valence-electron chi connectivity index (χ0n) is 21.5. The second-order valence-electron chi connectivity index (χ2n) is 10.1. The first-order chi connectivity index (χ1) is 17.8. The minimum absolute atomic E-state index is 0.0433. The number of nitrogens with one attached hydrogen (secondary N) is 3. The number of likely N-dealkylation sites (tertiary alicyclic amines) is 1. The van der Waals surface area contributed by atoms with E-state index in [1.807, 2.05) is 19.9 Å². The topological polar surface area (TPSA) is 129 Å². The SMILES string of the molecule is CNc1cc(Nc2cccn(C3CCN(CCF)CC3)c2=O)nc2c(C(=O)NCC(C)(C)CO)cnn12. The molecule has 0 radical (unpaired) electrons. The van der Waals surface area contributed by atoms with E-state index in [0.29, 0.717) is 29.5 Å². The maximum absolute atomic E-state index is 13.3. The summed E-state index contributed by atoms with van der Waals surface area (Å²) in [5.41, 5.74) is 0.329. The molecule has 0 aliphatic carbocycles. The third-order valence-corrected chi connectivity index (χ3v) is 6.72. The molecule has 12 heteroatoms. The Labute approximate surface area is 214 Å². The van der Waals surface area contributed by atoms with E-state index in [2.05, 4.69) is 30.9 Å². The smallest absolute Gasteiger partial charge is 0.274 e. The first-order valence-electron chi connectivity index (χ1n) is 12.5. The van der Waals surface area contributed by atoms with Crippen LogP contribution >= 0.6 is 0 Å². The number of carbonyl (C=O) groups excluding carboxylic acids is 1. The van der Waals surface area contributed by atoms with Gasteiger partial charge in [0.2, 0.25) is 0 Å². The van der Waals surface area contributed by atoms with E-state index in [1.54, 1.807) is 29.9 Å². The van der Waals surface area contributed by atoms with E-state index in [-0.39, 0.29) is 42.9 Å². The minimum Gasteiger partial charge on any atom is -0.396 e. The maximum atomic E-state index is 13.3. The third-order valence-electron chi connectivity index (χ3n) is 6.72. The van der Waals surface area contributed by atoms with Gasteiger partial charge in [0.1, 0.15) is 29.6 Å². The monoisotopic (exact) mass is 514 g/mol. The van der Waals surface area contributed by atoms with Gasteiger partial charge in [-0.05, 0) is 25.0 Å². The Morgan fingerprint density at radius 3 is 2.73 bits per heavy atom. The van der Waals surface area contributed by atoms with E-state index in [0.717, 1.165) is 25.9 Å². The molecule has 1 amide bonds. The largest absolute Gasteiger partial charge is 0.396 e. The van der Waals surface area contributed by atoms with Gasteiger partial charge in [0.05, 0.1) is 6.20 Å². The van der Waals surface area contributed by atoms with Crippen molar-refractivity contribution in [1.82, 2.24) is 29.4 Å². The normalized spacial score (nSPS) is 15.2. The lowest BCUT2D eigenvalue weighted by atomic mass is 9.95. The maximum Gasteiger partial charge on any atom is 0.274 e. The Balaban J connectivity index is 1.59. The van der Waals surface area contributed by atoms with Gasteiger partial charge in [-0.2, -0.15) is 9.61 Å². The number of alkyl halides is 1. The number of aromatic nitrogens is 4. The number of hydrogen-bond acceptors (Lipinski definition) is 8. The lowest BCUT2D eigenvalue weighted by molar-refractivity contribution is 0.0912. The van der Waals surface area contributed by atoms with E-state index in [1.165, 1.54) is 10.7 Å². The van der Waals surface area contributed by atoms with Gasteiger partial charge in [0.15, 0.2) is 5.65 Å². The second kappa shape index (κ2) is 11.3. The Kier molecular flexibility index (Phi) is 8.08. The number of pyridine rings is 1. The van der Waals surface area contributed by atoms with Crippen LogP contribution in [-0.4, -0.2) is 81.6 Å². The molecule has 4 rings (SSSR count). The quantitative estimate of drug-likeness (QED) is 0.324. The van der Waals surface area contributed by atoms with Crippen molar-refractivity contribution in [3.63, 3.8) is 0 Å². The highest BCUT2D eigenvalue weighted by molar-refractivity contribution is 6.00. The number of carbonyl (C=O) groups is 1. The molecule has 200 valence electrons. The van der Waals surface area contributed by atoms with E-state index in [4.69, 9.17) is 0 Å². The Bertz CT molecular complexity index is 1300. The number of halogens is 1. The van der Waals surface area contributed by atoms with Crippen molar-refractivity contribution in [2.75, 3.05) is 57.1 Å². The lowest BCUT2D eigenvalue weighted by Crippen LogP contribution is -2.38. The van der Waals surface area contributed by atoms with Crippen LogP contribution in [0.15, 0.2) is 35.4 Å². The van der Waals surface area contributed by atoms with Gasteiger partial charge in [-0.25, -0.2) is 9.37 Å². The molecule has 4 heterocycles. The number of amides is 1. The van der Waals surface area contributed by atoms with Crippen molar-refractivity contribution in [3.8, 4) is 0 Å². The van der Waals surface area contributed by atoms with Crippen molar-refractivity contribution < 1.29 is 14.3 Å². The summed E-state index contributed by atoms with van der Waals surface area (Å²) in [6.07, 6.45) is 4.78. The summed E-state index contributed by atoms with van der Waals surface area (Å²) >= 11 is 0.